The van der Waals surface area contributed by atoms with E-state index in [-0.39, 0.29) is 6.04 Å². The number of carbonyl (C=O) groups is 2. The molecule has 2 atom stereocenters. The van der Waals surface area contributed by atoms with Crippen LogP contribution in [0.25, 0.3) is 0 Å². The number of fused-ring (bicyclic) bond motifs is 1. The first-order valence-corrected chi connectivity index (χ1v) is 9.01. The van der Waals surface area contributed by atoms with Crippen molar-refractivity contribution in [3.8, 4) is 0 Å². The van der Waals surface area contributed by atoms with Crippen LogP contribution in [0.1, 0.15) is 22.0 Å². The Morgan fingerprint density at radius 1 is 1.17 bits per heavy atom. The molecule has 2 heterocycles. The van der Waals surface area contributed by atoms with E-state index in [2.05, 4.69) is 46.3 Å². The second kappa shape index (κ2) is 7.59. The van der Waals surface area contributed by atoms with Crippen molar-refractivity contribution in [3.63, 3.8) is 0 Å². The molecule has 1 aromatic heterocycles. The third-order valence-corrected chi connectivity index (χ3v) is 5.52. The Balaban J connectivity index is 1.74. The van der Waals surface area contributed by atoms with Gasteiger partial charge in [-0.2, -0.15) is 0 Å². The molecule has 1 aliphatic heterocycles. The van der Waals surface area contributed by atoms with Crippen LogP contribution >= 0.6 is 11.3 Å². The van der Waals surface area contributed by atoms with Crippen LogP contribution < -0.4 is 15.5 Å². The van der Waals surface area contributed by atoms with Crippen molar-refractivity contribution in [1.82, 2.24) is 10.6 Å². The minimum atomic E-state index is -0.598. The lowest BCUT2D eigenvalue weighted by molar-refractivity contribution is -0.945. The zero-order valence-electron chi connectivity index (χ0n) is 13.7. The van der Waals surface area contributed by atoms with Crippen LogP contribution in [0.15, 0.2) is 41.8 Å². The van der Waals surface area contributed by atoms with Crippen LogP contribution in [0.4, 0.5) is 0 Å². The van der Waals surface area contributed by atoms with E-state index in [1.54, 1.807) is 11.3 Å². The van der Waals surface area contributed by atoms with Gasteiger partial charge in [0.15, 0.2) is 0 Å². The lowest BCUT2D eigenvalue weighted by atomic mass is 9.98. The van der Waals surface area contributed by atoms with Gasteiger partial charge in [-0.15, -0.1) is 11.3 Å². The number of likely N-dealkylation sites (N-methyl/N-ethyl adjacent to an activating group) is 1. The van der Waals surface area contributed by atoms with Crippen molar-refractivity contribution in [2.45, 2.75) is 19.0 Å². The van der Waals surface area contributed by atoms with E-state index in [1.165, 1.54) is 28.0 Å². The third-order valence-electron chi connectivity index (χ3n) is 4.53. The van der Waals surface area contributed by atoms with E-state index in [0.717, 1.165) is 19.5 Å². The lowest BCUT2D eigenvalue weighted by Gasteiger charge is -2.32. The van der Waals surface area contributed by atoms with E-state index in [9.17, 15) is 9.59 Å². The smallest absolute Gasteiger partial charge is 0.309 e. The largest absolute Gasteiger partial charge is 0.351 e. The van der Waals surface area contributed by atoms with Crippen LogP contribution in [0.5, 0.6) is 0 Å². The Bertz CT molecular complexity index is 715. The van der Waals surface area contributed by atoms with E-state index in [1.807, 2.05) is 6.07 Å². The number of amides is 2. The van der Waals surface area contributed by atoms with Gasteiger partial charge >= 0.3 is 11.8 Å². The Kier molecular flexibility index (Phi) is 5.27. The number of benzene rings is 1. The molecule has 126 valence electrons. The molecule has 0 fully saturated rings. The van der Waals surface area contributed by atoms with Crippen molar-refractivity contribution < 1.29 is 14.5 Å². The fourth-order valence-corrected chi connectivity index (χ4v) is 4.11. The zero-order chi connectivity index (χ0) is 16.9. The zero-order valence-corrected chi connectivity index (χ0v) is 14.5. The number of hydrogen-bond donors (Lipinski definition) is 3. The minimum Gasteiger partial charge on any atom is -0.351 e. The second-order valence-corrected chi connectivity index (χ2v) is 6.94. The van der Waals surface area contributed by atoms with Crippen molar-refractivity contribution in [1.29, 1.82) is 0 Å². The van der Waals surface area contributed by atoms with E-state index in [0.29, 0.717) is 6.54 Å². The predicted molar refractivity (Wildman–Crippen MR) is 93.8 cm³/mol. The highest BCUT2D eigenvalue weighted by molar-refractivity contribution is 7.10. The Morgan fingerprint density at radius 3 is 2.67 bits per heavy atom. The summed E-state index contributed by atoms with van der Waals surface area (Å²) in [7, 11) is 1.46. The average Bonchev–Trinajstić information content (AvgIpc) is 3.15. The minimum absolute atomic E-state index is 0.159. The number of rotatable bonds is 4. The number of nitrogens with one attached hydrogen (secondary N) is 3. The van der Waals surface area contributed by atoms with Crippen molar-refractivity contribution in [2.24, 2.45) is 0 Å². The van der Waals surface area contributed by atoms with Crippen molar-refractivity contribution in [3.05, 3.63) is 57.8 Å². The maximum Gasteiger partial charge on any atom is 0.309 e. The highest BCUT2D eigenvalue weighted by Gasteiger charge is 2.29. The summed E-state index contributed by atoms with van der Waals surface area (Å²) in [5.74, 6) is -1.17. The van der Waals surface area contributed by atoms with Crippen molar-refractivity contribution >= 4 is 23.2 Å². The lowest BCUT2D eigenvalue weighted by Crippen LogP contribution is -3.12. The summed E-state index contributed by atoms with van der Waals surface area (Å²) < 4.78 is 0. The van der Waals surface area contributed by atoms with Gasteiger partial charge in [-0.1, -0.05) is 30.3 Å². The second-order valence-electron chi connectivity index (χ2n) is 5.96. The molecule has 3 rings (SSSR count). The Hall–Kier alpha value is -2.18. The maximum absolute atomic E-state index is 11.8. The first kappa shape index (κ1) is 16.7. The van der Waals surface area contributed by atoms with Gasteiger partial charge in [0, 0.05) is 19.0 Å². The molecule has 0 saturated heterocycles. The van der Waals surface area contributed by atoms with Crippen LogP contribution in [-0.4, -0.2) is 32.0 Å². The highest BCUT2D eigenvalue weighted by Crippen LogP contribution is 2.18. The predicted octanol–water partition coefficient (Wildman–Crippen LogP) is 0.293. The first-order valence-electron chi connectivity index (χ1n) is 8.13. The van der Waals surface area contributed by atoms with Gasteiger partial charge in [0.1, 0.15) is 12.6 Å². The third kappa shape index (κ3) is 3.66. The molecule has 5 nitrogen and oxygen atoms in total. The maximum atomic E-state index is 11.8. The van der Waals surface area contributed by atoms with Crippen molar-refractivity contribution in [2.75, 3.05) is 20.1 Å². The molecule has 24 heavy (non-hydrogen) atoms. The summed E-state index contributed by atoms with van der Waals surface area (Å²) in [5, 5.41) is 7.19. The molecule has 3 N–H and O–H groups in total. The number of quaternary nitrogens is 1. The standard InChI is InChI=1S/C18H21N3O2S/c1-19-17(22)18(23)20-11-15(16-7-4-10-24-16)21-9-8-13-5-2-3-6-14(13)12-21/h2-7,10,15H,8-9,11-12H2,1H3,(H,19,22)(H,20,23)/p+1/t15-/m0/s1. The monoisotopic (exact) mass is 344 g/mol. The summed E-state index contributed by atoms with van der Waals surface area (Å²) in [5.41, 5.74) is 2.79. The summed E-state index contributed by atoms with van der Waals surface area (Å²) in [6, 6.07) is 12.8. The molecule has 1 aliphatic rings. The molecule has 2 aromatic rings. The topological polar surface area (TPSA) is 62.6 Å². The molecule has 2 amide bonds. The van der Waals surface area contributed by atoms with Gasteiger partial charge in [-0.05, 0) is 17.0 Å². The van der Waals surface area contributed by atoms with Crippen LogP contribution in [0.3, 0.4) is 0 Å². The molecular formula is C18H22N3O2S+. The molecular weight excluding hydrogens is 322 g/mol. The Labute approximate surface area is 145 Å². The molecule has 0 aliphatic carbocycles. The SMILES string of the molecule is CNC(=O)C(=O)NC[C@@H](c1cccs1)[NH+]1CCc2ccccc2C1. The highest BCUT2D eigenvalue weighted by atomic mass is 32.1. The normalized spacial score (nSPS) is 17.6. The van der Waals surface area contributed by atoms with Gasteiger partial charge in [0.05, 0.1) is 18.0 Å². The molecule has 1 aromatic carbocycles. The van der Waals surface area contributed by atoms with E-state index >= 15 is 0 Å². The fraction of sp³-hybridized carbons (Fsp3) is 0.333. The average molecular weight is 344 g/mol. The quantitative estimate of drug-likeness (QED) is 0.699. The van der Waals surface area contributed by atoms with E-state index < -0.39 is 11.8 Å². The van der Waals surface area contributed by atoms with Gasteiger partial charge in [0.2, 0.25) is 0 Å². The van der Waals surface area contributed by atoms with Gasteiger partial charge in [-0.25, -0.2) is 0 Å². The number of hydrogen-bond acceptors (Lipinski definition) is 3. The fourth-order valence-electron chi connectivity index (χ4n) is 3.22. The summed E-state index contributed by atoms with van der Waals surface area (Å²) in [6.07, 6.45) is 1.04. The molecule has 0 radical (unpaired) electrons. The number of thiophene rings is 1. The Morgan fingerprint density at radius 2 is 1.96 bits per heavy atom. The van der Waals surface area contributed by atoms with Gasteiger partial charge < -0.3 is 15.5 Å². The first-order chi connectivity index (χ1) is 11.7. The molecule has 1 unspecified atom stereocenters. The van der Waals surface area contributed by atoms with Crippen LogP contribution in [0.2, 0.25) is 0 Å². The van der Waals surface area contributed by atoms with Gasteiger partial charge in [0.25, 0.3) is 0 Å². The molecule has 0 spiro atoms. The number of carbonyl (C=O) groups excluding carboxylic acids is 2. The molecule has 0 saturated carbocycles. The summed E-state index contributed by atoms with van der Waals surface area (Å²) in [4.78, 5) is 25.9. The summed E-state index contributed by atoms with van der Waals surface area (Å²) in [6.45, 7) is 2.42. The molecule has 6 heteroatoms. The van der Waals surface area contributed by atoms with Crippen LogP contribution in [0, 0.1) is 0 Å². The van der Waals surface area contributed by atoms with E-state index in [4.69, 9.17) is 0 Å². The van der Waals surface area contributed by atoms with Gasteiger partial charge in [-0.3, -0.25) is 9.59 Å². The summed E-state index contributed by atoms with van der Waals surface area (Å²) >= 11 is 1.70. The van der Waals surface area contributed by atoms with Crippen LogP contribution in [-0.2, 0) is 22.6 Å². The molecule has 0 bridgehead atoms.